The van der Waals surface area contributed by atoms with E-state index in [0.29, 0.717) is 6.42 Å². The number of hydrogen-bond acceptors (Lipinski definition) is 4. The van der Waals surface area contributed by atoms with Crippen LogP contribution in [-0.2, 0) is 0 Å². The maximum Gasteiger partial charge on any atom is 0.0877 e. The molecule has 0 rings (SSSR count). The molecule has 0 amide bonds. The third-order valence-corrected chi connectivity index (χ3v) is 4.37. The summed E-state index contributed by atoms with van der Waals surface area (Å²) < 4.78 is 0. The molecule has 0 aromatic carbocycles. The molecule has 0 heterocycles. The van der Waals surface area contributed by atoms with Gasteiger partial charge in [-0.3, -0.25) is 0 Å². The highest BCUT2D eigenvalue weighted by Crippen LogP contribution is 2.35. The van der Waals surface area contributed by atoms with Gasteiger partial charge in [0.2, 0.25) is 0 Å². The van der Waals surface area contributed by atoms with Crippen molar-refractivity contribution in [1.82, 2.24) is 0 Å². The smallest absolute Gasteiger partial charge is 0.0877 e. The highest BCUT2D eigenvalue weighted by atomic mass is 16.3. The van der Waals surface area contributed by atoms with Crippen molar-refractivity contribution in [2.24, 2.45) is 22.7 Å². The number of hydrogen-bond donors (Lipinski definition) is 4. The molecule has 0 bridgehead atoms. The van der Waals surface area contributed by atoms with Gasteiger partial charge in [-0.05, 0) is 23.7 Å². The van der Waals surface area contributed by atoms with Crippen LogP contribution in [0.2, 0.25) is 0 Å². The van der Waals surface area contributed by atoms with Crippen LogP contribution in [0.3, 0.4) is 0 Å². The summed E-state index contributed by atoms with van der Waals surface area (Å²) in [6.07, 6.45) is -2.02. The van der Waals surface area contributed by atoms with Gasteiger partial charge in [-0.15, -0.1) is 0 Å². The molecular formula is C16H34O4. The molecule has 0 spiro atoms. The highest BCUT2D eigenvalue weighted by Gasteiger charge is 2.42. The SMILES string of the molecule is CC(C)C(O)C(C)(C)C(O)C(O)C(C)CC(C)(C)CO. The van der Waals surface area contributed by atoms with E-state index in [0.717, 1.165) is 0 Å². The van der Waals surface area contributed by atoms with Crippen LogP contribution in [-0.4, -0.2) is 45.3 Å². The minimum atomic E-state index is -1.01. The summed E-state index contributed by atoms with van der Waals surface area (Å²) in [5.74, 6) is -0.151. The van der Waals surface area contributed by atoms with Gasteiger partial charge < -0.3 is 20.4 Å². The second kappa shape index (κ2) is 7.21. The van der Waals surface area contributed by atoms with E-state index in [2.05, 4.69) is 0 Å². The quantitative estimate of drug-likeness (QED) is 0.549. The molecule has 0 saturated heterocycles. The van der Waals surface area contributed by atoms with Gasteiger partial charge in [0, 0.05) is 12.0 Å². The Labute approximate surface area is 123 Å². The van der Waals surface area contributed by atoms with Crippen molar-refractivity contribution in [3.8, 4) is 0 Å². The summed E-state index contributed by atoms with van der Waals surface area (Å²) in [6.45, 7) is 13.1. The zero-order valence-corrected chi connectivity index (χ0v) is 14.1. The molecule has 0 aromatic heterocycles. The van der Waals surface area contributed by atoms with Crippen molar-refractivity contribution in [3.05, 3.63) is 0 Å². The first kappa shape index (κ1) is 19.8. The Hall–Kier alpha value is -0.160. The topological polar surface area (TPSA) is 80.9 Å². The van der Waals surface area contributed by atoms with E-state index < -0.39 is 23.7 Å². The summed E-state index contributed by atoms with van der Waals surface area (Å²) in [6, 6.07) is 0. The van der Waals surface area contributed by atoms with Crippen molar-refractivity contribution in [3.63, 3.8) is 0 Å². The van der Waals surface area contributed by atoms with Gasteiger partial charge in [0.1, 0.15) is 0 Å². The zero-order chi connectivity index (χ0) is 16.3. The molecule has 0 aliphatic heterocycles. The van der Waals surface area contributed by atoms with E-state index in [1.54, 1.807) is 13.8 Å². The maximum absolute atomic E-state index is 10.4. The van der Waals surface area contributed by atoms with E-state index in [4.69, 9.17) is 0 Å². The van der Waals surface area contributed by atoms with Gasteiger partial charge in [0.05, 0.1) is 18.3 Å². The summed E-state index contributed by atoms with van der Waals surface area (Å²) in [5, 5.41) is 40.3. The molecule has 4 atom stereocenters. The van der Waals surface area contributed by atoms with Gasteiger partial charge in [-0.2, -0.15) is 0 Å². The van der Waals surface area contributed by atoms with Crippen LogP contribution in [0.15, 0.2) is 0 Å². The molecule has 4 heteroatoms. The van der Waals surface area contributed by atoms with Crippen LogP contribution in [0.1, 0.15) is 54.9 Å². The molecule has 4 N–H and O–H groups in total. The van der Waals surface area contributed by atoms with E-state index in [9.17, 15) is 20.4 Å². The minimum Gasteiger partial charge on any atom is -0.396 e. The molecule has 20 heavy (non-hydrogen) atoms. The summed E-state index contributed by atoms with van der Waals surface area (Å²) >= 11 is 0. The van der Waals surface area contributed by atoms with E-state index >= 15 is 0 Å². The average molecular weight is 290 g/mol. The van der Waals surface area contributed by atoms with Crippen LogP contribution >= 0.6 is 0 Å². The normalized spacial score (nSPS) is 19.8. The van der Waals surface area contributed by atoms with E-state index in [-0.39, 0.29) is 23.9 Å². The molecule has 0 saturated carbocycles. The second-order valence-corrected chi connectivity index (χ2v) is 7.95. The van der Waals surface area contributed by atoms with Crippen LogP contribution in [0.25, 0.3) is 0 Å². The summed E-state index contributed by atoms with van der Waals surface area (Å²) in [5.41, 5.74) is -1.08. The van der Waals surface area contributed by atoms with Crippen LogP contribution in [0, 0.1) is 22.7 Å². The number of rotatable bonds is 8. The third kappa shape index (κ3) is 4.99. The van der Waals surface area contributed by atoms with Gasteiger partial charge in [-0.1, -0.05) is 48.5 Å². The lowest BCUT2D eigenvalue weighted by molar-refractivity contribution is -0.130. The Kier molecular flexibility index (Phi) is 7.15. The zero-order valence-electron chi connectivity index (χ0n) is 14.1. The van der Waals surface area contributed by atoms with Crippen molar-refractivity contribution < 1.29 is 20.4 Å². The standard InChI is InChI=1S/C16H34O4/c1-10(2)13(19)16(6,7)14(20)12(18)11(3)8-15(4,5)9-17/h10-14,17-20H,8-9H2,1-7H3. The third-order valence-electron chi connectivity index (χ3n) is 4.37. The van der Waals surface area contributed by atoms with Gasteiger partial charge >= 0.3 is 0 Å². The fraction of sp³-hybridized carbons (Fsp3) is 1.00. The summed E-state index contributed by atoms with van der Waals surface area (Å²) in [7, 11) is 0. The van der Waals surface area contributed by atoms with Gasteiger partial charge in [0.25, 0.3) is 0 Å². The predicted octanol–water partition coefficient (Wildman–Crippen LogP) is 1.80. The van der Waals surface area contributed by atoms with Crippen molar-refractivity contribution in [1.29, 1.82) is 0 Å². The number of aliphatic hydroxyl groups excluding tert-OH is 4. The molecule has 122 valence electrons. The Morgan fingerprint density at radius 3 is 1.65 bits per heavy atom. The molecular weight excluding hydrogens is 256 g/mol. The van der Waals surface area contributed by atoms with E-state index in [1.165, 1.54) is 0 Å². The molecule has 0 radical (unpaired) electrons. The predicted molar refractivity (Wildman–Crippen MR) is 81.3 cm³/mol. The van der Waals surface area contributed by atoms with Crippen molar-refractivity contribution in [2.45, 2.75) is 73.2 Å². The fourth-order valence-corrected chi connectivity index (χ4v) is 2.84. The fourth-order valence-electron chi connectivity index (χ4n) is 2.84. The molecule has 0 aliphatic rings. The Bertz CT molecular complexity index is 286. The molecule has 0 aromatic rings. The maximum atomic E-state index is 10.4. The number of aliphatic hydroxyl groups is 4. The Morgan fingerprint density at radius 2 is 1.30 bits per heavy atom. The lowest BCUT2D eigenvalue weighted by atomic mass is 9.71. The van der Waals surface area contributed by atoms with Crippen molar-refractivity contribution in [2.75, 3.05) is 6.61 Å². The summed E-state index contributed by atoms with van der Waals surface area (Å²) in [4.78, 5) is 0. The van der Waals surface area contributed by atoms with Crippen LogP contribution in [0.5, 0.6) is 0 Å². The first-order valence-corrected chi connectivity index (χ1v) is 7.52. The first-order valence-electron chi connectivity index (χ1n) is 7.52. The van der Waals surface area contributed by atoms with E-state index in [1.807, 2.05) is 34.6 Å². The minimum absolute atomic E-state index is 0.0102. The van der Waals surface area contributed by atoms with Crippen molar-refractivity contribution >= 4 is 0 Å². The van der Waals surface area contributed by atoms with Gasteiger partial charge in [-0.25, -0.2) is 0 Å². The lowest BCUT2D eigenvalue weighted by Gasteiger charge is -2.41. The Balaban J connectivity index is 4.88. The Morgan fingerprint density at radius 1 is 0.850 bits per heavy atom. The monoisotopic (exact) mass is 290 g/mol. The molecule has 0 aliphatic carbocycles. The lowest BCUT2D eigenvalue weighted by Crippen LogP contribution is -2.51. The molecule has 4 unspecified atom stereocenters. The van der Waals surface area contributed by atoms with Crippen LogP contribution in [0.4, 0.5) is 0 Å². The highest BCUT2D eigenvalue weighted by molar-refractivity contribution is 4.92. The van der Waals surface area contributed by atoms with Crippen LogP contribution < -0.4 is 0 Å². The van der Waals surface area contributed by atoms with Gasteiger partial charge in [0.15, 0.2) is 0 Å². The second-order valence-electron chi connectivity index (χ2n) is 7.95. The molecule has 0 fully saturated rings. The molecule has 4 nitrogen and oxygen atoms in total. The first-order chi connectivity index (χ1) is 8.86. The largest absolute Gasteiger partial charge is 0.396 e. The average Bonchev–Trinajstić information content (AvgIpc) is 2.35.